The molecule has 0 unspecified atom stereocenters. The number of hydrogen-bond donors (Lipinski definition) is 1. The molecule has 0 saturated carbocycles. The van der Waals surface area contributed by atoms with Crippen molar-refractivity contribution < 1.29 is 9.66 Å². The van der Waals surface area contributed by atoms with Crippen molar-refractivity contribution in [1.29, 1.82) is 0 Å². The maximum Gasteiger partial charge on any atom is 0.353 e. The lowest BCUT2D eigenvalue weighted by Crippen LogP contribution is -2.38. The van der Waals surface area contributed by atoms with Gasteiger partial charge in [-0.2, -0.15) is 0 Å². The third-order valence-electron chi connectivity index (χ3n) is 6.16. The van der Waals surface area contributed by atoms with E-state index in [0.717, 1.165) is 65.2 Å². The molecule has 0 aliphatic carbocycles. The predicted octanol–water partition coefficient (Wildman–Crippen LogP) is 2.30. The lowest BCUT2D eigenvalue weighted by molar-refractivity contribution is -0.383. The predicted molar refractivity (Wildman–Crippen MR) is 119 cm³/mol. The van der Waals surface area contributed by atoms with Gasteiger partial charge in [-0.15, -0.1) is 0 Å². The van der Waals surface area contributed by atoms with E-state index in [9.17, 15) is 10.1 Å². The molecule has 0 atom stereocenters. The third kappa shape index (κ3) is 5.48. The van der Waals surface area contributed by atoms with Crippen LogP contribution in [0, 0.1) is 16.0 Å². The molecule has 9 nitrogen and oxygen atoms in total. The van der Waals surface area contributed by atoms with Gasteiger partial charge in [0, 0.05) is 39.1 Å². The number of ether oxygens (including phenoxy) is 1. The van der Waals surface area contributed by atoms with Crippen LogP contribution in [0.4, 0.5) is 17.3 Å². The number of aromatic nitrogens is 2. The number of nitro groups is 1. The van der Waals surface area contributed by atoms with Crippen LogP contribution in [0.2, 0.25) is 0 Å². The SMILES string of the molecule is Nc1nc(CCN2CCOCC2)nc(N2CCC(Cc3ccccc3)CC2)c1[N+](=O)[O-]. The minimum Gasteiger partial charge on any atom is -0.379 e. The second-order valence-corrected chi connectivity index (χ2v) is 8.28. The molecule has 0 spiro atoms. The van der Waals surface area contributed by atoms with E-state index in [2.05, 4.69) is 39.1 Å². The van der Waals surface area contributed by atoms with E-state index in [0.29, 0.717) is 24.0 Å². The molecule has 2 aliphatic heterocycles. The van der Waals surface area contributed by atoms with Gasteiger partial charge < -0.3 is 15.4 Å². The highest BCUT2D eigenvalue weighted by Crippen LogP contribution is 2.34. The number of nitrogens with zero attached hydrogens (tertiary/aromatic N) is 5. The van der Waals surface area contributed by atoms with Crippen LogP contribution in [0.5, 0.6) is 0 Å². The zero-order valence-electron chi connectivity index (χ0n) is 17.8. The first-order chi connectivity index (χ1) is 15.1. The Morgan fingerprint density at radius 3 is 2.48 bits per heavy atom. The fraction of sp³-hybridized carbons (Fsp3) is 0.545. The minimum atomic E-state index is -0.452. The van der Waals surface area contributed by atoms with Gasteiger partial charge in [-0.1, -0.05) is 30.3 Å². The van der Waals surface area contributed by atoms with E-state index in [4.69, 9.17) is 10.5 Å². The van der Waals surface area contributed by atoms with E-state index in [1.54, 1.807) is 0 Å². The Hall–Kier alpha value is -2.78. The van der Waals surface area contributed by atoms with Gasteiger partial charge in [0.1, 0.15) is 5.82 Å². The number of nitrogens with two attached hydrogens (primary N) is 1. The maximum absolute atomic E-state index is 11.7. The number of benzene rings is 1. The number of morpholine rings is 1. The van der Waals surface area contributed by atoms with Gasteiger partial charge in [0.25, 0.3) is 0 Å². The van der Waals surface area contributed by atoms with Crippen LogP contribution < -0.4 is 10.6 Å². The van der Waals surface area contributed by atoms with Crippen LogP contribution >= 0.6 is 0 Å². The van der Waals surface area contributed by atoms with Gasteiger partial charge >= 0.3 is 5.69 Å². The summed E-state index contributed by atoms with van der Waals surface area (Å²) >= 11 is 0. The van der Waals surface area contributed by atoms with Gasteiger partial charge in [-0.05, 0) is 30.7 Å². The highest BCUT2D eigenvalue weighted by molar-refractivity contribution is 5.69. The fourth-order valence-electron chi connectivity index (χ4n) is 4.39. The van der Waals surface area contributed by atoms with Crippen LogP contribution in [0.25, 0.3) is 0 Å². The quantitative estimate of drug-likeness (QED) is 0.530. The summed E-state index contributed by atoms with van der Waals surface area (Å²) in [7, 11) is 0. The van der Waals surface area contributed by atoms with Gasteiger partial charge in [-0.25, -0.2) is 9.97 Å². The van der Waals surface area contributed by atoms with Gasteiger partial charge in [0.15, 0.2) is 0 Å². The number of nitrogen functional groups attached to an aromatic ring is 1. The average Bonchev–Trinajstić information content (AvgIpc) is 2.79. The van der Waals surface area contributed by atoms with Gasteiger partial charge in [0.2, 0.25) is 11.6 Å². The summed E-state index contributed by atoms with van der Waals surface area (Å²) in [5, 5.41) is 11.7. The van der Waals surface area contributed by atoms with Crippen molar-refractivity contribution in [3.05, 3.63) is 51.8 Å². The summed E-state index contributed by atoms with van der Waals surface area (Å²) in [6, 6.07) is 10.5. The van der Waals surface area contributed by atoms with Crippen LogP contribution in [0.15, 0.2) is 30.3 Å². The highest BCUT2D eigenvalue weighted by Gasteiger charge is 2.30. The van der Waals surface area contributed by atoms with Crippen LogP contribution in [0.3, 0.4) is 0 Å². The molecule has 2 N–H and O–H groups in total. The molecular formula is C22H30N6O3. The van der Waals surface area contributed by atoms with Crippen molar-refractivity contribution in [2.45, 2.75) is 25.7 Å². The first kappa shape index (κ1) is 21.5. The number of anilines is 2. The molecule has 2 fully saturated rings. The monoisotopic (exact) mass is 426 g/mol. The minimum absolute atomic E-state index is 0.0432. The molecule has 166 valence electrons. The molecular weight excluding hydrogens is 396 g/mol. The molecule has 2 aromatic rings. The van der Waals surface area contributed by atoms with E-state index >= 15 is 0 Å². The van der Waals surface area contributed by atoms with Crippen molar-refractivity contribution in [2.75, 3.05) is 56.6 Å². The summed E-state index contributed by atoms with van der Waals surface area (Å²) in [5.74, 6) is 1.46. The number of hydrogen-bond acceptors (Lipinski definition) is 8. The molecule has 2 aliphatic rings. The van der Waals surface area contributed by atoms with Gasteiger partial charge in [0.05, 0.1) is 18.1 Å². The maximum atomic E-state index is 11.7. The lowest BCUT2D eigenvalue weighted by Gasteiger charge is -2.33. The van der Waals surface area contributed by atoms with E-state index < -0.39 is 4.92 Å². The summed E-state index contributed by atoms with van der Waals surface area (Å²) in [5.41, 5.74) is 7.18. The Kier molecular flexibility index (Phi) is 6.93. The molecule has 0 bridgehead atoms. The average molecular weight is 427 g/mol. The Morgan fingerprint density at radius 1 is 1.10 bits per heavy atom. The highest BCUT2D eigenvalue weighted by atomic mass is 16.6. The first-order valence-electron chi connectivity index (χ1n) is 11.0. The molecule has 2 saturated heterocycles. The number of piperidine rings is 1. The Labute approximate surface area is 182 Å². The first-order valence-corrected chi connectivity index (χ1v) is 11.0. The Balaban J connectivity index is 1.44. The van der Waals surface area contributed by atoms with Crippen LogP contribution in [0.1, 0.15) is 24.2 Å². The van der Waals surface area contributed by atoms with Crippen molar-refractivity contribution in [3.8, 4) is 0 Å². The zero-order valence-corrected chi connectivity index (χ0v) is 17.8. The molecule has 1 aromatic carbocycles. The van der Waals surface area contributed by atoms with Crippen molar-refractivity contribution in [2.24, 2.45) is 5.92 Å². The van der Waals surface area contributed by atoms with Crippen molar-refractivity contribution in [3.63, 3.8) is 0 Å². The van der Waals surface area contributed by atoms with E-state index in [1.165, 1.54) is 5.56 Å². The number of rotatable bonds is 7. The summed E-state index contributed by atoms with van der Waals surface area (Å²) < 4.78 is 5.38. The van der Waals surface area contributed by atoms with Crippen LogP contribution in [-0.2, 0) is 17.6 Å². The second-order valence-electron chi connectivity index (χ2n) is 8.28. The molecule has 1 aromatic heterocycles. The smallest absolute Gasteiger partial charge is 0.353 e. The lowest BCUT2D eigenvalue weighted by atomic mass is 9.90. The topological polar surface area (TPSA) is 111 Å². The largest absolute Gasteiger partial charge is 0.379 e. The van der Waals surface area contributed by atoms with Crippen LogP contribution in [-0.4, -0.2) is 65.7 Å². The molecule has 9 heteroatoms. The molecule has 0 radical (unpaired) electrons. The molecule has 3 heterocycles. The Morgan fingerprint density at radius 2 is 1.81 bits per heavy atom. The van der Waals surface area contributed by atoms with E-state index in [1.807, 2.05) is 11.0 Å². The summed E-state index contributed by atoms with van der Waals surface area (Å²) in [6.45, 7) is 5.47. The summed E-state index contributed by atoms with van der Waals surface area (Å²) in [6.07, 6.45) is 3.59. The van der Waals surface area contributed by atoms with E-state index in [-0.39, 0.29) is 11.5 Å². The Bertz CT molecular complexity index is 880. The molecule has 31 heavy (non-hydrogen) atoms. The fourth-order valence-corrected chi connectivity index (χ4v) is 4.39. The molecule has 0 amide bonds. The second kappa shape index (κ2) is 10.0. The van der Waals surface area contributed by atoms with Crippen molar-refractivity contribution in [1.82, 2.24) is 14.9 Å². The summed E-state index contributed by atoms with van der Waals surface area (Å²) in [4.78, 5) is 24.4. The zero-order chi connectivity index (χ0) is 21.6. The normalized spacial score (nSPS) is 18.3. The third-order valence-corrected chi connectivity index (χ3v) is 6.16. The van der Waals surface area contributed by atoms with Crippen molar-refractivity contribution >= 4 is 17.3 Å². The molecule has 4 rings (SSSR count). The van der Waals surface area contributed by atoms with Gasteiger partial charge in [-0.3, -0.25) is 15.0 Å². The standard InChI is InChI=1S/C22H30N6O3/c23-21-20(28(29)30)22(25-19(24-21)8-9-26-12-14-31-15-13-26)27-10-6-18(7-11-27)16-17-4-2-1-3-5-17/h1-5,18H,6-16H2,(H2,23,24,25).